The summed E-state index contributed by atoms with van der Waals surface area (Å²) in [6, 6.07) is 0. The van der Waals surface area contributed by atoms with Crippen LogP contribution in [0.5, 0.6) is 0 Å². The molecule has 0 radical (unpaired) electrons. The van der Waals surface area contributed by atoms with Crippen LogP contribution in [0.3, 0.4) is 0 Å². The molecule has 0 saturated carbocycles. The fourth-order valence-electron chi connectivity index (χ4n) is 1.36. The summed E-state index contributed by atoms with van der Waals surface area (Å²) in [5.41, 5.74) is 7.12. The summed E-state index contributed by atoms with van der Waals surface area (Å²) in [5.74, 6) is 0. The van der Waals surface area contributed by atoms with Crippen molar-refractivity contribution in [2.75, 3.05) is 6.54 Å². The molecule has 0 aliphatic rings. The molecule has 6 nitrogen and oxygen atoms in total. The molecule has 0 bridgehead atoms. The minimum absolute atomic E-state index is 0.135. The van der Waals surface area contributed by atoms with E-state index in [-0.39, 0.29) is 13.1 Å². The Morgan fingerprint density at radius 1 is 1.62 bits per heavy atom. The molecule has 0 saturated heterocycles. The lowest BCUT2D eigenvalue weighted by molar-refractivity contribution is 0.560. The molecule has 1 aromatic heterocycles. The third-order valence-corrected chi connectivity index (χ3v) is 4.51. The van der Waals surface area contributed by atoms with Crippen molar-refractivity contribution in [3.05, 3.63) is 17.5 Å². The lowest BCUT2D eigenvalue weighted by Gasteiger charge is -2.14. The quantitative estimate of drug-likeness (QED) is 0.651. The first-order valence-electron chi connectivity index (χ1n) is 5.18. The fraction of sp³-hybridized carbons (Fsp3) is 0.667. The normalized spacial score (nSPS) is 13.9. The summed E-state index contributed by atoms with van der Waals surface area (Å²) in [5, 5.41) is 6.05. The number of aromatic amines is 1. The molecule has 0 aromatic carbocycles. The molecule has 1 aromatic rings. The van der Waals surface area contributed by atoms with E-state index in [0.717, 1.165) is 11.3 Å². The third kappa shape index (κ3) is 3.03. The van der Waals surface area contributed by atoms with Crippen molar-refractivity contribution in [3.8, 4) is 0 Å². The van der Waals surface area contributed by atoms with Crippen molar-refractivity contribution in [2.45, 2.75) is 32.1 Å². The van der Waals surface area contributed by atoms with E-state index in [4.69, 9.17) is 5.73 Å². The van der Waals surface area contributed by atoms with Crippen LogP contribution in [0.25, 0.3) is 0 Å². The second-order valence-corrected chi connectivity index (χ2v) is 5.70. The predicted molar refractivity (Wildman–Crippen MR) is 62.2 cm³/mol. The maximum Gasteiger partial charge on any atom is 0.216 e. The highest BCUT2D eigenvalue weighted by Crippen LogP contribution is 2.06. The van der Waals surface area contributed by atoms with E-state index in [1.165, 1.54) is 0 Å². The topological polar surface area (TPSA) is 101 Å². The molecule has 4 N–H and O–H groups in total. The minimum atomic E-state index is -3.33. The number of H-pyrrole nitrogens is 1. The van der Waals surface area contributed by atoms with Crippen LogP contribution >= 0.6 is 0 Å². The van der Waals surface area contributed by atoms with Gasteiger partial charge in [0.05, 0.1) is 11.4 Å². The number of rotatable bonds is 6. The Bertz CT molecular complexity index is 422. The predicted octanol–water partition coefficient (Wildman–Crippen LogP) is -0.125. The van der Waals surface area contributed by atoms with Crippen LogP contribution in [0.4, 0.5) is 0 Å². The Hall–Kier alpha value is -0.920. The molecule has 1 atom stereocenters. The number of aromatic nitrogens is 2. The van der Waals surface area contributed by atoms with Crippen molar-refractivity contribution in [2.24, 2.45) is 5.73 Å². The highest BCUT2D eigenvalue weighted by atomic mass is 32.2. The number of hydrogen-bond donors (Lipinski definition) is 3. The van der Waals surface area contributed by atoms with Crippen LogP contribution in [0.1, 0.15) is 24.6 Å². The molecule has 0 fully saturated rings. The smallest absolute Gasteiger partial charge is 0.216 e. The second kappa shape index (κ2) is 5.42. The molecule has 1 unspecified atom stereocenters. The van der Waals surface area contributed by atoms with Gasteiger partial charge in [-0.05, 0) is 13.3 Å². The van der Waals surface area contributed by atoms with E-state index in [1.807, 2.05) is 6.92 Å². The van der Waals surface area contributed by atoms with Gasteiger partial charge in [0.2, 0.25) is 10.0 Å². The zero-order chi connectivity index (χ0) is 12.2. The van der Waals surface area contributed by atoms with Gasteiger partial charge < -0.3 is 5.73 Å². The highest BCUT2D eigenvalue weighted by Gasteiger charge is 2.21. The molecule has 0 aliphatic carbocycles. The van der Waals surface area contributed by atoms with Crippen molar-refractivity contribution in [1.82, 2.24) is 14.9 Å². The average molecular weight is 246 g/mol. The van der Waals surface area contributed by atoms with E-state index in [1.54, 1.807) is 13.1 Å². The van der Waals surface area contributed by atoms with Crippen LogP contribution in [-0.4, -0.2) is 30.4 Å². The molecule has 0 amide bonds. The zero-order valence-electron chi connectivity index (χ0n) is 9.53. The maximum atomic E-state index is 11.8. The third-order valence-electron chi connectivity index (χ3n) is 2.56. The van der Waals surface area contributed by atoms with Gasteiger partial charge in [0, 0.05) is 24.3 Å². The summed E-state index contributed by atoms with van der Waals surface area (Å²) in [4.78, 5) is 0. The van der Waals surface area contributed by atoms with E-state index < -0.39 is 15.3 Å². The monoisotopic (exact) mass is 246 g/mol. The van der Waals surface area contributed by atoms with Gasteiger partial charge in [-0.25, -0.2) is 13.1 Å². The highest BCUT2D eigenvalue weighted by molar-refractivity contribution is 7.90. The van der Waals surface area contributed by atoms with Crippen LogP contribution in [0.15, 0.2) is 6.20 Å². The van der Waals surface area contributed by atoms with Crippen molar-refractivity contribution in [1.29, 1.82) is 0 Å². The molecule has 7 heteroatoms. The zero-order valence-corrected chi connectivity index (χ0v) is 10.3. The van der Waals surface area contributed by atoms with Crippen LogP contribution in [0.2, 0.25) is 0 Å². The van der Waals surface area contributed by atoms with E-state index in [2.05, 4.69) is 14.9 Å². The average Bonchev–Trinajstić information content (AvgIpc) is 2.62. The Labute approximate surface area is 95.7 Å². The summed E-state index contributed by atoms with van der Waals surface area (Å²) in [7, 11) is -3.33. The first-order valence-corrected chi connectivity index (χ1v) is 6.73. The van der Waals surface area contributed by atoms with Crippen LogP contribution in [0, 0.1) is 6.92 Å². The molecule has 0 aliphatic heterocycles. The van der Waals surface area contributed by atoms with Crippen LogP contribution < -0.4 is 10.5 Å². The van der Waals surface area contributed by atoms with Gasteiger partial charge in [0.15, 0.2) is 0 Å². The Kier molecular flexibility index (Phi) is 4.45. The van der Waals surface area contributed by atoms with Gasteiger partial charge in [-0.15, -0.1) is 0 Å². The van der Waals surface area contributed by atoms with Crippen molar-refractivity contribution < 1.29 is 8.42 Å². The first-order chi connectivity index (χ1) is 7.51. The summed E-state index contributed by atoms with van der Waals surface area (Å²) in [6.07, 6.45) is 2.12. The fourth-order valence-corrected chi connectivity index (χ4v) is 2.65. The Balaban J connectivity index is 2.64. The molecule has 92 valence electrons. The molecule has 1 heterocycles. The summed E-state index contributed by atoms with van der Waals surface area (Å²) >= 11 is 0. The van der Waals surface area contributed by atoms with Gasteiger partial charge in [-0.1, -0.05) is 6.92 Å². The standard InChI is InChI=1S/C9H18N4O2S/c1-3-9(4-10)16(14,15)12-6-8-5-11-13-7(8)2/h5,9,12H,3-4,6,10H2,1-2H3,(H,11,13). The van der Waals surface area contributed by atoms with Crippen LogP contribution in [-0.2, 0) is 16.6 Å². The Morgan fingerprint density at radius 3 is 2.75 bits per heavy atom. The molecule has 16 heavy (non-hydrogen) atoms. The molecular weight excluding hydrogens is 228 g/mol. The number of sulfonamides is 1. The van der Waals surface area contributed by atoms with E-state index in [9.17, 15) is 8.42 Å². The number of nitrogens with two attached hydrogens (primary N) is 1. The van der Waals surface area contributed by atoms with Gasteiger partial charge in [-0.2, -0.15) is 5.10 Å². The molecular formula is C9H18N4O2S. The van der Waals surface area contributed by atoms with Crippen molar-refractivity contribution >= 4 is 10.0 Å². The lowest BCUT2D eigenvalue weighted by Crippen LogP contribution is -2.38. The van der Waals surface area contributed by atoms with Crippen molar-refractivity contribution in [3.63, 3.8) is 0 Å². The second-order valence-electron chi connectivity index (χ2n) is 3.65. The lowest BCUT2D eigenvalue weighted by atomic mass is 10.3. The minimum Gasteiger partial charge on any atom is -0.329 e. The number of hydrogen-bond acceptors (Lipinski definition) is 4. The largest absolute Gasteiger partial charge is 0.329 e. The van der Waals surface area contributed by atoms with Gasteiger partial charge in [0.25, 0.3) is 0 Å². The van der Waals surface area contributed by atoms with Gasteiger partial charge in [0.1, 0.15) is 0 Å². The summed E-state index contributed by atoms with van der Waals surface area (Å²) < 4.78 is 26.1. The Morgan fingerprint density at radius 2 is 2.31 bits per heavy atom. The number of nitrogens with one attached hydrogen (secondary N) is 2. The number of aryl methyl sites for hydroxylation is 1. The van der Waals surface area contributed by atoms with E-state index >= 15 is 0 Å². The van der Waals surface area contributed by atoms with Gasteiger partial charge >= 0.3 is 0 Å². The SMILES string of the molecule is CCC(CN)S(=O)(=O)NCc1cn[nH]c1C. The molecule has 0 spiro atoms. The number of nitrogens with zero attached hydrogens (tertiary/aromatic N) is 1. The first kappa shape index (κ1) is 13.1. The maximum absolute atomic E-state index is 11.8. The van der Waals surface area contributed by atoms with Gasteiger partial charge in [-0.3, -0.25) is 5.10 Å². The van der Waals surface area contributed by atoms with E-state index in [0.29, 0.717) is 6.42 Å². The summed E-state index contributed by atoms with van der Waals surface area (Å²) in [6.45, 7) is 4.04. The molecule has 1 rings (SSSR count).